The molecule has 0 saturated carbocycles. The van der Waals surface area contributed by atoms with Crippen molar-refractivity contribution < 1.29 is 9.15 Å². The summed E-state index contributed by atoms with van der Waals surface area (Å²) in [4.78, 5) is 7.32. The number of furan rings is 1. The highest BCUT2D eigenvalue weighted by Gasteiger charge is 2.20. The second kappa shape index (κ2) is 13.0. The van der Waals surface area contributed by atoms with E-state index in [4.69, 9.17) is 14.1 Å². The van der Waals surface area contributed by atoms with Crippen molar-refractivity contribution >= 4 is 29.9 Å². The zero-order valence-corrected chi connectivity index (χ0v) is 20.4. The van der Waals surface area contributed by atoms with E-state index in [1.54, 1.807) is 6.26 Å². The Kier molecular flexibility index (Phi) is 10.7. The Morgan fingerprint density at radius 2 is 1.77 bits per heavy atom. The number of ether oxygens (including phenoxy) is 1. The van der Waals surface area contributed by atoms with Gasteiger partial charge in [0.15, 0.2) is 5.96 Å². The van der Waals surface area contributed by atoms with Crippen LogP contribution >= 0.6 is 24.0 Å². The van der Waals surface area contributed by atoms with E-state index in [0.29, 0.717) is 6.54 Å². The molecule has 0 atom stereocenters. The number of rotatable bonds is 9. The first-order valence-corrected chi connectivity index (χ1v) is 10.5. The third-order valence-electron chi connectivity index (χ3n) is 5.26. The molecule has 1 aliphatic rings. The molecular weight excluding hydrogens is 491 g/mol. The molecule has 2 heterocycles. The van der Waals surface area contributed by atoms with Crippen LogP contribution < -0.4 is 10.6 Å². The lowest BCUT2D eigenvalue weighted by atomic mass is 9.85. The van der Waals surface area contributed by atoms with Crippen molar-refractivity contribution in [3.05, 3.63) is 60.1 Å². The Morgan fingerprint density at radius 3 is 2.47 bits per heavy atom. The largest absolute Gasteiger partial charge is 0.469 e. The normalized spacial score (nSPS) is 15.5. The minimum Gasteiger partial charge on any atom is -0.469 e. The number of guanidine groups is 1. The van der Waals surface area contributed by atoms with Gasteiger partial charge in [-0.05, 0) is 17.7 Å². The zero-order valence-electron chi connectivity index (χ0n) is 18.1. The maximum atomic E-state index is 5.43. The van der Waals surface area contributed by atoms with Crippen molar-refractivity contribution in [3.8, 4) is 0 Å². The standard InChI is InChI=1S/C23H34N4O2.HI/c1-23(2,20-7-4-3-5-8-20)19-26-22(24-11-10-21-9-6-16-29-21)25-12-13-27-14-17-28-18-15-27;/h3-9,16H,10-15,17-19H2,1-2H3,(H2,24,25,26);1H. The molecule has 0 aliphatic carbocycles. The van der Waals surface area contributed by atoms with E-state index >= 15 is 0 Å². The minimum atomic E-state index is -0.0267. The van der Waals surface area contributed by atoms with E-state index in [1.165, 1.54) is 5.56 Å². The molecule has 0 amide bonds. The lowest BCUT2D eigenvalue weighted by Gasteiger charge is -2.27. The van der Waals surface area contributed by atoms with E-state index in [0.717, 1.165) is 64.1 Å². The summed E-state index contributed by atoms with van der Waals surface area (Å²) in [6.07, 6.45) is 2.55. The molecule has 30 heavy (non-hydrogen) atoms. The van der Waals surface area contributed by atoms with Crippen LogP contribution in [0.25, 0.3) is 0 Å². The molecule has 0 unspecified atom stereocenters. The van der Waals surface area contributed by atoms with Crippen LogP contribution in [-0.4, -0.2) is 63.3 Å². The van der Waals surface area contributed by atoms with Crippen LogP contribution in [0.15, 0.2) is 58.1 Å². The number of halogens is 1. The number of nitrogens with one attached hydrogen (secondary N) is 2. The van der Waals surface area contributed by atoms with Crippen LogP contribution in [0.3, 0.4) is 0 Å². The van der Waals surface area contributed by atoms with E-state index in [2.05, 4.69) is 59.7 Å². The van der Waals surface area contributed by atoms with Crippen LogP contribution in [-0.2, 0) is 16.6 Å². The topological polar surface area (TPSA) is 62.0 Å². The predicted octanol–water partition coefficient (Wildman–Crippen LogP) is 3.29. The average molecular weight is 526 g/mol. The Hall–Kier alpha value is -1.58. The number of morpholine rings is 1. The monoisotopic (exact) mass is 526 g/mol. The van der Waals surface area contributed by atoms with Crippen LogP contribution in [0.2, 0.25) is 0 Å². The number of hydrogen-bond acceptors (Lipinski definition) is 4. The van der Waals surface area contributed by atoms with Gasteiger partial charge in [0.05, 0.1) is 26.0 Å². The third-order valence-corrected chi connectivity index (χ3v) is 5.26. The molecule has 1 aromatic carbocycles. The molecule has 1 aliphatic heterocycles. The molecule has 3 rings (SSSR count). The van der Waals surface area contributed by atoms with Crippen LogP contribution in [0.4, 0.5) is 0 Å². The van der Waals surface area contributed by atoms with Gasteiger partial charge in [-0.25, -0.2) is 0 Å². The van der Waals surface area contributed by atoms with Crippen LogP contribution in [0.1, 0.15) is 25.2 Å². The number of hydrogen-bond donors (Lipinski definition) is 2. The Bertz CT molecular complexity index is 729. The van der Waals surface area contributed by atoms with Gasteiger partial charge in [-0.15, -0.1) is 24.0 Å². The summed E-state index contributed by atoms with van der Waals surface area (Å²) in [5.74, 6) is 1.84. The third kappa shape index (κ3) is 8.28. The maximum Gasteiger partial charge on any atom is 0.191 e. The number of aliphatic imine (C=N–C) groups is 1. The number of nitrogens with zero attached hydrogens (tertiary/aromatic N) is 2. The van der Waals surface area contributed by atoms with Crippen LogP contribution in [0.5, 0.6) is 0 Å². The Morgan fingerprint density at radius 1 is 1.03 bits per heavy atom. The van der Waals surface area contributed by atoms with Gasteiger partial charge in [0.25, 0.3) is 0 Å². The van der Waals surface area contributed by atoms with E-state index in [-0.39, 0.29) is 29.4 Å². The molecule has 2 aromatic rings. The first kappa shape index (κ1) is 24.7. The van der Waals surface area contributed by atoms with E-state index < -0.39 is 0 Å². The highest BCUT2D eigenvalue weighted by molar-refractivity contribution is 14.0. The van der Waals surface area contributed by atoms with Crippen LogP contribution in [0, 0.1) is 0 Å². The molecular formula is C23H35IN4O2. The van der Waals surface area contributed by atoms with E-state index in [9.17, 15) is 0 Å². The SMILES string of the molecule is CC(C)(CN=C(NCCc1ccco1)NCCN1CCOCC1)c1ccccc1.I. The summed E-state index contributed by atoms with van der Waals surface area (Å²) in [6, 6.07) is 14.5. The molecule has 0 radical (unpaired) electrons. The Labute approximate surface area is 197 Å². The molecule has 6 nitrogen and oxygen atoms in total. The highest BCUT2D eigenvalue weighted by atomic mass is 127. The molecule has 1 fully saturated rings. The predicted molar refractivity (Wildman–Crippen MR) is 133 cm³/mol. The highest BCUT2D eigenvalue weighted by Crippen LogP contribution is 2.22. The first-order chi connectivity index (χ1) is 14.1. The van der Waals surface area contributed by atoms with Gasteiger partial charge in [-0.3, -0.25) is 9.89 Å². The Balaban J connectivity index is 0.00000320. The van der Waals surface area contributed by atoms with Gasteiger partial charge in [0.2, 0.25) is 0 Å². The smallest absolute Gasteiger partial charge is 0.191 e. The van der Waals surface area contributed by atoms with Crippen molar-refractivity contribution in [2.75, 3.05) is 52.5 Å². The average Bonchev–Trinajstić information content (AvgIpc) is 3.27. The molecule has 1 aromatic heterocycles. The fourth-order valence-corrected chi connectivity index (χ4v) is 3.35. The zero-order chi connectivity index (χ0) is 20.4. The van der Waals surface area contributed by atoms with Gasteiger partial charge < -0.3 is 19.8 Å². The van der Waals surface area contributed by atoms with Crippen molar-refractivity contribution in [3.63, 3.8) is 0 Å². The molecule has 0 bridgehead atoms. The first-order valence-electron chi connectivity index (χ1n) is 10.5. The van der Waals surface area contributed by atoms with Gasteiger partial charge in [-0.2, -0.15) is 0 Å². The second-order valence-corrected chi connectivity index (χ2v) is 8.05. The van der Waals surface area contributed by atoms with Crippen molar-refractivity contribution in [1.82, 2.24) is 15.5 Å². The molecule has 0 spiro atoms. The summed E-state index contributed by atoms with van der Waals surface area (Å²) in [5.41, 5.74) is 1.27. The quantitative estimate of drug-likeness (QED) is 0.299. The fourth-order valence-electron chi connectivity index (χ4n) is 3.35. The van der Waals surface area contributed by atoms with Crippen molar-refractivity contribution in [2.45, 2.75) is 25.7 Å². The summed E-state index contributed by atoms with van der Waals surface area (Å²) in [6.45, 7) is 11.5. The molecule has 7 heteroatoms. The fraction of sp³-hybridized carbons (Fsp3) is 0.522. The minimum absolute atomic E-state index is 0. The summed E-state index contributed by atoms with van der Waals surface area (Å²) in [5, 5.41) is 6.95. The van der Waals surface area contributed by atoms with Gasteiger partial charge in [-0.1, -0.05) is 44.2 Å². The van der Waals surface area contributed by atoms with E-state index in [1.807, 2.05) is 12.1 Å². The number of benzene rings is 1. The molecule has 2 N–H and O–H groups in total. The summed E-state index contributed by atoms with van der Waals surface area (Å²) in [7, 11) is 0. The lowest BCUT2D eigenvalue weighted by molar-refractivity contribution is 0.0389. The van der Waals surface area contributed by atoms with Gasteiger partial charge in [0, 0.05) is 44.6 Å². The van der Waals surface area contributed by atoms with Gasteiger partial charge in [0.1, 0.15) is 5.76 Å². The maximum absolute atomic E-state index is 5.43. The summed E-state index contributed by atoms with van der Waals surface area (Å²) >= 11 is 0. The molecule has 1 saturated heterocycles. The van der Waals surface area contributed by atoms with Gasteiger partial charge >= 0.3 is 0 Å². The lowest BCUT2D eigenvalue weighted by Crippen LogP contribution is -2.45. The van der Waals surface area contributed by atoms with Crippen molar-refractivity contribution in [2.24, 2.45) is 4.99 Å². The second-order valence-electron chi connectivity index (χ2n) is 8.05. The molecule has 166 valence electrons. The summed E-state index contributed by atoms with van der Waals surface area (Å²) < 4.78 is 10.9. The van der Waals surface area contributed by atoms with Crippen molar-refractivity contribution in [1.29, 1.82) is 0 Å².